The first kappa shape index (κ1) is 15.2. The molecule has 2 rings (SSSR count). The van der Waals surface area contributed by atoms with Gasteiger partial charge in [-0.25, -0.2) is 0 Å². The third-order valence-electron chi connectivity index (χ3n) is 4.63. The Morgan fingerprint density at radius 3 is 2.53 bits per heavy atom. The molecular formula is C16H23Cl2N. The van der Waals surface area contributed by atoms with E-state index in [1.54, 1.807) is 0 Å². The molecule has 0 saturated heterocycles. The second-order valence-corrected chi connectivity index (χ2v) is 6.66. The molecule has 1 aliphatic carbocycles. The van der Waals surface area contributed by atoms with E-state index in [1.807, 2.05) is 12.1 Å². The van der Waals surface area contributed by atoms with E-state index >= 15 is 0 Å². The van der Waals surface area contributed by atoms with Crippen molar-refractivity contribution in [2.24, 2.45) is 11.8 Å². The van der Waals surface area contributed by atoms with Crippen LogP contribution in [0.1, 0.15) is 51.6 Å². The zero-order valence-electron chi connectivity index (χ0n) is 11.9. The molecule has 19 heavy (non-hydrogen) atoms. The summed E-state index contributed by atoms with van der Waals surface area (Å²) in [5.74, 6) is 1.55. The van der Waals surface area contributed by atoms with Crippen LogP contribution in [0.25, 0.3) is 0 Å². The van der Waals surface area contributed by atoms with Gasteiger partial charge in [-0.1, -0.05) is 50.0 Å². The number of rotatable bonds is 4. The lowest BCUT2D eigenvalue weighted by molar-refractivity contribution is 0.335. The maximum Gasteiger partial charge on any atom is 0.0468 e. The smallest absolute Gasteiger partial charge is 0.0468 e. The molecule has 1 N–H and O–H groups in total. The fourth-order valence-electron chi connectivity index (χ4n) is 3.07. The molecule has 0 bridgehead atoms. The first-order valence-corrected chi connectivity index (χ1v) is 7.99. The maximum absolute atomic E-state index is 6.33. The van der Waals surface area contributed by atoms with Crippen molar-refractivity contribution >= 4 is 23.2 Å². The number of nitrogens with one attached hydrogen (secondary N) is 1. The van der Waals surface area contributed by atoms with Crippen molar-refractivity contribution in [3.8, 4) is 0 Å². The summed E-state index contributed by atoms with van der Waals surface area (Å²) in [5, 5.41) is 5.26. The van der Waals surface area contributed by atoms with Crippen LogP contribution in [0.5, 0.6) is 0 Å². The van der Waals surface area contributed by atoms with Crippen LogP contribution in [0, 0.1) is 11.8 Å². The Balaban J connectivity index is 2.12. The van der Waals surface area contributed by atoms with Crippen molar-refractivity contribution < 1.29 is 0 Å². The topological polar surface area (TPSA) is 12.0 Å². The standard InChI is InChI=1S/C16H23Cl2N/c1-4-15(13-7-6-12(17)9-14(13)18)19-16-8-5-10(2)11(16)3/h6-7,9-11,15-16,19H,4-5,8H2,1-3H3. The first-order chi connectivity index (χ1) is 9.02. The van der Waals surface area contributed by atoms with Gasteiger partial charge >= 0.3 is 0 Å². The average molecular weight is 300 g/mol. The lowest BCUT2D eigenvalue weighted by atomic mass is 9.96. The summed E-state index contributed by atoms with van der Waals surface area (Å²) in [7, 11) is 0. The van der Waals surface area contributed by atoms with E-state index in [2.05, 4.69) is 32.2 Å². The van der Waals surface area contributed by atoms with Crippen molar-refractivity contribution in [2.45, 2.75) is 52.1 Å². The summed E-state index contributed by atoms with van der Waals surface area (Å²) >= 11 is 12.3. The quantitative estimate of drug-likeness (QED) is 0.777. The van der Waals surface area contributed by atoms with E-state index < -0.39 is 0 Å². The zero-order chi connectivity index (χ0) is 14.0. The first-order valence-electron chi connectivity index (χ1n) is 7.24. The van der Waals surface area contributed by atoms with Crippen molar-refractivity contribution in [3.05, 3.63) is 33.8 Å². The molecule has 0 spiro atoms. The minimum Gasteiger partial charge on any atom is -0.307 e. The molecule has 4 unspecified atom stereocenters. The molecule has 1 nitrogen and oxygen atoms in total. The second-order valence-electron chi connectivity index (χ2n) is 5.81. The van der Waals surface area contributed by atoms with Gasteiger partial charge in [-0.05, 0) is 48.8 Å². The minimum absolute atomic E-state index is 0.322. The third kappa shape index (κ3) is 3.45. The van der Waals surface area contributed by atoms with Gasteiger partial charge in [-0.3, -0.25) is 0 Å². The van der Waals surface area contributed by atoms with Gasteiger partial charge in [0.1, 0.15) is 0 Å². The van der Waals surface area contributed by atoms with Crippen LogP contribution >= 0.6 is 23.2 Å². The van der Waals surface area contributed by atoms with Gasteiger partial charge in [0.05, 0.1) is 0 Å². The molecule has 1 fully saturated rings. The second kappa shape index (κ2) is 6.47. The van der Waals surface area contributed by atoms with Gasteiger partial charge in [0.15, 0.2) is 0 Å². The van der Waals surface area contributed by atoms with Crippen LogP contribution in [-0.2, 0) is 0 Å². The molecule has 0 aliphatic heterocycles. The molecule has 0 heterocycles. The van der Waals surface area contributed by atoms with Crippen LogP contribution in [0.2, 0.25) is 10.0 Å². The molecule has 1 aromatic rings. The summed E-state index contributed by atoms with van der Waals surface area (Å²) in [5.41, 5.74) is 1.17. The molecule has 106 valence electrons. The van der Waals surface area contributed by atoms with Crippen molar-refractivity contribution in [1.82, 2.24) is 5.32 Å². The van der Waals surface area contributed by atoms with E-state index in [1.165, 1.54) is 18.4 Å². The number of hydrogen-bond donors (Lipinski definition) is 1. The Labute approximate surface area is 126 Å². The Morgan fingerprint density at radius 2 is 2.00 bits per heavy atom. The fourth-order valence-corrected chi connectivity index (χ4v) is 3.61. The highest BCUT2D eigenvalue weighted by Gasteiger charge is 2.31. The van der Waals surface area contributed by atoms with E-state index in [4.69, 9.17) is 23.2 Å². The zero-order valence-corrected chi connectivity index (χ0v) is 13.4. The molecule has 1 aromatic carbocycles. The minimum atomic E-state index is 0.322. The van der Waals surface area contributed by atoms with Crippen LogP contribution in [0.3, 0.4) is 0 Å². The molecule has 0 amide bonds. The Hall–Kier alpha value is -0.240. The molecular weight excluding hydrogens is 277 g/mol. The van der Waals surface area contributed by atoms with Gasteiger partial charge in [-0.2, -0.15) is 0 Å². The van der Waals surface area contributed by atoms with Gasteiger partial charge in [0.2, 0.25) is 0 Å². The summed E-state index contributed by atoms with van der Waals surface area (Å²) in [4.78, 5) is 0. The Kier molecular flexibility index (Phi) is 5.16. The van der Waals surface area contributed by atoms with Crippen molar-refractivity contribution in [3.63, 3.8) is 0 Å². The molecule has 1 saturated carbocycles. The Morgan fingerprint density at radius 1 is 1.26 bits per heavy atom. The monoisotopic (exact) mass is 299 g/mol. The highest BCUT2D eigenvalue weighted by molar-refractivity contribution is 6.35. The maximum atomic E-state index is 6.33. The predicted octanol–water partition coefficient (Wildman–Crippen LogP) is 5.47. The fraction of sp³-hybridized carbons (Fsp3) is 0.625. The Bertz CT molecular complexity index is 433. The number of benzene rings is 1. The van der Waals surface area contributed by atoms with Gasteiger partial charge in [0.25, 0.3) is 0 Å². The molecule has 3 heteroatoms. The molecule has 1 aliphatic rings. The van der Waals surface area contributed by atoms with E-state index in [-0.39, 0.29) is 0 Å². The highest BCUT2D eigenvalue weighted by atomic mass is 35.5. The summed E-state index contributed by atoms with van der Waals surface area (Å²) in [6, 6.07) is 6.74. The number of halogens is 2. The van der Waals surface area contributed by atoms with Gasteiger partial charge in [-0.15, -0.1) is 0 Å². The van der Waals surface area contributed by atoms with Crippen LogP contribution in [-0.4, -0.2) is 6.04 Å². The summed E-state index contributed by atoms with van der Waals surface area (Å²) in [6.45, 7) is 6.90. The van der Waals surface area contributed by atoms with E-state index in [0.29, 0.717) is 17.1 Å². The summed E-state index contributed by atoms with van der Waals surface area (Å²) < 4.78 is 0. The van der Waals surface area contributed by atoms with Gasteiger partial charge in [0, 0.05) is 22.1 Å². The highest BCUT2D eigenvalue weighted by Crippen LogP contribution is 2.34. The average Bonchev–Trinajstić information content (AvgIpc) is 2.68. The van der Waals surface area contributed by atoms with E-state index in [0.717, 1.165) is 23.3 Å². The third-order valence-corrected chi connectivity index (χ3v) is 5.19. The predicted molar refractivity (Wildman–Crippen MR) is 84.0 cm³/mol. The molecule has 0 aromatic heterocycles. The van der Waals surface area contributed by atoms with Crippen molar-refractivity contribution in [1.29, 1.82) is 0 Å². The molecule has 4 atom stereocenters. The number of hydrogen-bond acceptors (Lipinski definition) is 1. The lowest BCUT2D eigenvalue weighted by Gasteiger charge is -2.27. The molecule has 0 radical (unpaired) electrons. The van der Waals surface area contributed by atoms with Gasteiger partial charge < -0.3 is 5.32 Å². The SMILES string of the molecule is CCC(NC1CCC(C)C1C)c1ccc(Cl)cc1Cl. The van der Waals surface area contributed by atoms with Crippen molar-refractivity contribution in [2.75, 3.05) is 0 Å². The van der Waals surface area contributed by atoms with Crippen LogP contribution in [0.15, 0.2) is 18.2 Å². The van der Waals surface area contributed by atoms with Crippen LogP contribution in [0.4, 0.5) is 0 Å². The normalized spacial score (nSPS) is 28.6. The van der Waals surface area contributed by atoms with Crippen LogP contribution < -0.4 is 5.32 Å². The lowest BCUT2D eigenvalue weighted by Crippen LogP contribution is -2.35. The van der Waals surface area contributed by atoms with E-state index in [9.17, 15) is 0 Å². The summed E-state index contributed by atoms with van der Waals surface area (Å²) in [6.07, 6.45) is 3.63. The largest absolute Gasteiger partial charge is 0.307 e.